The van der Waals surface area contributed by atoms with Crippen LogP contribution in [0.1, 0.15) is 5.56 Å². The highest BCUT2D eigenvalue weighted by molar-refractivity contribution is 7.89. The van der Waals surface area contributed by atoms with Crippen LogP contribution in [-0.4, -0.2) is 20.5 Å². The molecule has 2 rings (SSSR count). The smallest absolute Gasteiger partial charge is 0.306 e. The van der Waals surface area contributed by atoms with Crippen LogP contribution in [0.5, 0.6) is 5.75 Å². The maximum Gasteiger partial charge on any atom is 0.306 e. The first kappa shape index (κ1) is 16.8. The summed E-state index contributed by atoms with van der Waals surface area (Å²) in [6.45, 7) is -0.0164. The number of hydrogen-bond acceptors (Lipinski definition) is 5. The first-order valence-corrected chi connectivity index (χ1v) is 7.88. The van der Waals surface area contributed by atoms with E-state index in [0.29, 0.717) is 17.4 Å². The topological polar surface area (TPSA) is 98.5 Å². The molecule has 0 saturated carbocycles. The van der Waals surface area contributed by atoms with Gasteiger partial charge in [0.2, 0.25) is 15.8 Å². The predicted octanol–water partition coefficient (Wildman–Crippen LogP) is 2.22. The number of nitro benzene ring substituents is 1. The maximum atomic E-state index is 13.3. The number of nitro groups is 1. The average Bonchev–Trinajstić information content (AvgIpc) is 2.53. The van der Waals surface area contributed by atoms with Crippen LogP contribution in [0.2, 0.25) is 0 Å². The molecule has 0 atom stereocenters. The van der Waals surface area contributed by atoms with Crippen molar-refractivity contribution in [1.29, 1.82) is 0 Å². The monoisotopic (exact) mass is 340 g/mol. The second-order valence-corrected chi connectivity index (χ2v) is 6.31. The minimum Gasteiger partial charge on any atom is -0.497 e. The molecule has 23 heavy (non-hydrogen) atoms. The summed E-state index contributed by atoms with van der Waals surface area (Å²) >= 11 is 0. The Labute approximate surface area is 131 Å². The molecular weight excluding hydrogens is 327 g/mol. The summed E-state index contributed by atoms with van der Waals surface area (Å²) in [6.07, 6.45) is 0. The van der Waals surface area contributed by atoms with Crippen molar-refractivity contribution in [2.75, 3.05) is 7.11 Å². The maximum absolute atomic E-state index is 13.3. The summed E-state index contributed by atoms with van der Waals surface area (Å²) < 4.78 is 44.8. The number of methoxy groups -OCH3 is 1. The van der Waals surface area contributed by atoms with E-state index in [1.54, 1.807) is 24.3 Å². The molecule has 0 saturated heterocycles. The molecule has 2 aromatic carbocycles. The lowest BCUT2D eigenvalue weighted by Gasteiger charge is -2.08. The summed E-state index contributed by atoms with van der Waals surface area (Å²) in [6, 6.07) is 9.10. The molecule has 0 heterocycles. The zero-order valence-electron chi connectivity index (χ0n) is 12.0. The molecule has 0 aliphatic heterocycles. The third-order valence-corrected chi connectivity index (χ3v) is 4.45. The van der Waals surface area contributed by atoms with Gasteiger partial charge in [-0.2, -0.15) is 4.39 Å². The summed E-state index contributed by atoms with van der Waals surface area (Å²) in [5.41, 5.74) is -0.219. The number of nitrogens with one attached hydrogen (secondary N) is 1. The minimum absolute atomic E-state index is 0.0164. The molecule has 0 radical (unpaired) electrons. The van der Waals surface area contributed by atoms with Crippen LogP contribution >= 0.6 is 0 Å². The van der Waals surface area contributed by atoms with Crippen LogP contribution in [0, 0.1) is 15.9 Å². The van der Waals surface area contributed by atoms with E-state index in [0.717, 1.165) is 12.1 Å². The van der Waals surface area contributed by atoms with E-state index in [9.17, 15) is 22.9 Å². The molecule has 0 bridgehead atoms. The molecule has 0 aromatic heterocycles. The highest BCUT2D eigenvalue weighted by Gasteiger charge is 2.21. The van der Waals surface area contributed by atoms with Crippen LogP contribution in [0.25, 0.3) is 0 Å². The van der Waals surface area contributed by atoms with Crippen LogP contribution in [-0.2, 0) is 16.6 Å². The Hall–Kier alpha value is -2.52. The summed E-state index contributed by atoms with van der Waals surface area (Å²) in [7, 11) is -2.49. The third kappa shape index (κ3) is 4.02. The minimum atomic E-state index is -4.00. The summed E-state index contributed by atoms with van der Waals surface area (Å²) in [4.78, 5) is 9.33. The van der Waals surface area contributed by atoms with E-state index in [2.05, 4.69) is 4.72 Å². The van der Waals surface area contributed by atoms with Crippen LogP contribution < -0.4 is 9.46 Å². The SMILES string of the molecule is COc1ccc(CNS(=O)(=O)c2ccc(F)c([N+](=O)[O-])c2)cc1. The summed E-state index contributed by atoms with van der Waals surface area (Å²) in [5, 5.41) is 10.7. The van der Waals surface area contributed by atoms with Gasteiger partial charge in [0, 0.05) is 12.6 Å². The van der Waals surface area contributed by atoms with Crippen LogP contribution in [0.3, 0.4) is 0 Å². The van der Waals surface area contributed by atoms with Crippen molar-refractivity contribution in [3.63, 3.8) is 0 Å². The van der Waals surface area contributed by atoms with Gasteiger partial charge in [0.1, 0.15) is 5.75 Å². The van der Waals surface area contributed by atoms with Crippen LogP contribution in [0.4, 0.5) is 10.1 Å². The molecule has 7 nitrogen and oxygen atoms in total. The van der Waals surface area contributed by atoms with Crippen molar-refractivity contribution < 1.29 is 22.5 Å². The van der Waals surface area contributed by atoms with Gasteiger partial charge in [-0.15, -0.1) is 0 Å². The number of halogens is 1. The lowest BCUT2D eigenvalue weighted by atomic mass is 10.2. The van der Waals surface area contributed by atoms with Gasteiger partial charge in [0.15, 0.2) is 0 Å². The second kappa shape index (κ2) is 6.71. The predicted molar refractivity (Wildman–Crippen MR) is 80.1 cm³/mol. The van der Waals surface area contributed by atoms with Gasteiger partial charge in [-0.1, -0.05) is 12.1 Å². The van der Waals surface area contributed by atoms with E-state index >= 15 is 0 Å². The molecule has 0 fully saturated rings. The number of ether oxygens (including phenoxy) is 1. The van der Waals surface area contributed by atoms with Crippen LogP contribution in [0.15, 0.2) is 47.4 Å². The lowest BCUT2D eigenvalue weighted by Crippen LogP contribution is -2.23. The lowest BCUT2D eigenvalue weighted by molar-refractivity contribution is -0.387. The van der Waals surface area contributed by atoms with Crippen molar-refractivity contribution >= 4 is 15.7 Å². The molecular formula is C14H13FN2O5S. The molecule has 0 unspecified atom stereocenters. The Bertz CT molecular complexity index is 822. The van der Waals surface area contributed by atoms with Crippen molar-refractivity contribution in [1.82, 2.24) is 4.72 Å². The van der Waals surface area contributed by atoms with Gasteiger partial charge in [-0.3, -0.25) is 10.1 Å². The molecule has 9 heteroatoms. The van der Waals surface area contributed by atoms with E-state index in [-0.39, 0.29) is 11.4 Å². The normalized spacial score (nSPS) is 11.2. The Morgan fingerprint density at radius 3 is 2.43 bits per heavy atom. The highest BCUT2D eigenvalue weighted by atomic mass is 32.2. The molecule has 0 aliphatic rings. The number of nitrogens with zero attached hydrogens (tertiary/aromatic N) is 1. The number of rotatable bonds is 6. The Morgan fingerprint density at radius 1 is 1.22 bits per heavy atom. The Morgan fingerprint density at radius 2 is 1.87 bits per heavy atom. The fourth-order valence-corrected chi connectivity index (χ4v) is 2.84. The summed E-state index contributed by atoms with van der Waals surface area (Å²) in [5.74, 6) is -0.463. The molecule has 0 spiro atoms. The molecule has 0 amide bonds. The molecule has 1 N–H and O–H groups in total. The van der Waals surface area contributed by atoms with Crippen molar-refractivity contribution in [2.45, 2.75) is 11.4 Å². The Balaban J connectivity index is 2.18. The zero-order valence-corrected chi connectivity index (χ0v) is 12.8. The van der Waals surface area contributed by atoms with Crippen molar-refractivity contribution in [3.8, 4) is 5.75 Å². The van der Waals surface area contributed by atoms with Gasteiger partial charge in [-0.05, 0) is 29.8 Å². The van der Waals surface area contributed by atoms with E-state index in [1.807, 2.05) is 0 Å². The van der Waals surface area contributed by atoms with Gasteiger partial charge in [-0.25, -0.2) is 13.1 Å². The third-order valence-electron chi connectivity index (χ3n) is 3.05. The number of sulfonamides is 1. The van der Waals surface area contributed by atoms with E-state index in [4.69, 9.17) is 4.74 Å². The number of hydrogen-bond donors (Lipinski definition) is 1. The van der Waals surface area contributed by atoms with Gasteiger partial charge in [0.25, 0.3) is 0 Å². The van der Waals surface area contributed by atoms with Gasteiger partial charge < -0.3 is 4.74 Å². The fourth-order valence-electron chi connectivity index (χ4n) is 1.80. The number of benzene rings is 2. The van der Waals surface area contributed by atoms with Gasteiger partial charge in [0.05, 0.1) is 16.9 Å². The first-order chi connectivity index (χ1) is 10.8. The molecule has 2 aromatic rings. The highest BCUT2D eigenvalue weighted by Crippen LogP contribution is 2.21. The average molecular weight is 340 g/mol. The van der Waals surface area contributed by atoms with Crippen molar-refractivity contribution in [2.24, 2.45) is 0 Å². The zero-order chi connectivity index (χ0) is 17.0. The van der Waals surface area contributed by atoms with E-state index in [1.165, 1.54) is 7.11 Å². The largest absolute Gasteiger partial charge is 0.497 e. The second-order valence-electron chi connectivity index (χ2n) is 4.54. The first-order valence-electron chi connectivity index (χ1n) is 6.40. The fraction of sp³-hybridized carbons (Fsp3) is 0.143. The Kier molecular flexibility index (Phi) is 4.92. The molecule has 0 aliphatic carbocycles. The standard InChI is InChI=1S/C14H13FN2O5S/c1-22-11-4-2-10(3-5-11)9-16-23(20,21)12-6-7-13(15)14(8-12)17(18)19/h2-8,16H,9H2,1H3. The quantitative estimate of drug-likeness (QED) is 0.642. The molecule has 122 valence electrons. The van der Waals surface area contributed by atoms with E-state index < -0.39 is 26.5 Å². The van der Waals surface area contributed by atoms with Crippen molar-refractivity contribution in [3.05, 3.63) is 64.0 Å². The van der Waals surface area contributed by atoms with Gasteiger partial charge >= 0.3 is 5.69 Å².